The number of hydrogen-bond acceptors (Lipinski definition) is 7. The quantitative estimate of drug-likeness (QED) is 0.469. The average Bonchev–Trinajstić information content (AvgIpc) is 3.16. The summed E-state index contributed by atoms with van der Waals surface area (Å²) in [5.41, 5.74) is -2.57. The van der Waals surface area contributed by atoms with Crippen molar-refractivity contribution in [3.8, 4) is 23.4 Å². The first-order chi connectivity index (χ1) is 17.6. The summed E-state index contributed by atoms with van der Waals surface area (Å²) in [6, 6.07) is 10.1. The summed E-state index contributed by atoms with van der Waals surface area (Å²) < 4.78 is 73.2. The molecule has 12 heteroatoms. The van der Waals surface area contributed by atoms with Crippen molar-refractivity contribution in [1.82, 2.24) is 9.55 Å². The topological polar surface area (TPSA) is 89.6 Å². The zero-order valence-electron chi connectivity index (χ0n) is 19.5. The molecule has 0 N–H and O–H groups in total. The molecule has 1 fully saturated rings. The highest BCUT2D eigenvalue weighted by atomic mass is 19.4. The van der Waals surface area contributed by atoms with Crippen molar-refractivity contribution in [2.24, 2.45) is 0 Å². The third-order valence-electron chi connectivity index (χ3n) is 6.33. The van der Waals surface area contributed by atoms with Gasteiger partial charge < -0.3 is 19.1 Å². The highest BCUT2D eigenvalue weighted by molar-refractivity contribution is 5.50. The van der Waals surface area contributed by atoms with E-state index in [4.69, 9.17) is 19.5 Å². The van der Waals surface area contributed by atoms with E-state index in [-0.39, 0.29) is 23.8 Å². The molecule has 5 rings (SSSR count). The zero-order chi connectivity index (χ0) is 26.4. The summed E-state index contributed by atoms with van der Waals surface area (Å²) in [6.07, 6.45) is -4.88. The second kappa shape index (κ2) is 9.08. The second-order valence-corrected chi connectivity index (χ2v) is 8.96. The molecule has 0 aliphatic carbocycles. The minimum absolute atomic E-state index is 0.0178. The smallest absolute Gasteiger partial charge is 0.420 e. The third-order valence-corrected chi connectivity index (χ3v) is 6.33. The number of morpholine rings is 1. The first kappa shape index (κ1) is 24.6. The van der Waals surface area contributed by atoms with Crippen molar-refractivity contribution in [3.05, 3.63) is 75.5 Å². The Morgan fingerprint density at radius 3 is 2.76 bits per heavy atom. The molecule has 2 aliphatic heterocycles. The number of para-hydroxylation sites is 1. The predicted octanol–water partition coefficient (Wildman–Crippen LogP) is 4.25. The Bertz CT molecular complexity index is 1470. The number of fused-ring (bicyclic) bond motifs is 3. The van der Waals surface area contributed by atoms with Gasteiger partial charge in [0.05, 0.1) is 36.4 Å². The fraction of sp³-hybridized carbons (Fsp3) is 0.320. The van der Waals surface area contributed by atoms with Gasteiger partial charge in [-0.05, 0) is 19.1 Å². The summed E-state index contributed by atoms with van der Waals surface area (Å²) >= 11 is 0. The van der Waals surface area contributed by atoms with Gasteiger partial charge in [0, 0.05) is 24.2 Å². The number of rotatable bonds is 5. The van der Waals surface area contributed by atoms with E-state index in [9.17, 15) is 22.4 Å². The molecule has 3 heterocycles. The van der Waals surface area contributed by atoms with Crippen LogP contribution in [0.4, 0.5) is 23.4 Å². The van der Waals surface area contributed by atoms with Gasteiger partial charge in [0.1, 0.15) is 35.8 Å². The van der Waals surface area contributed by atoms with E-state index in [1.807, 2.05) is 6.92 Å². The first-order valence-corrected chi connectivity index (χ1v) is 11.3. The van der Waals surface area contributed by atoms with Gasteiger partial charge >= 0.3 is 11.9 Å². The molecule has 3 aromatic rings. The van der Waals surface area contributed by atoms with Crippen molar-refractivity contribution >= 4 is 5.82 Å². The highest BCUT2D eigenvalue weighted by Gasteiger charge is 2.43. The summed E-state index contributed by atoms with van der Waals surface area (Å²) in [7, 11) is 0. The lowest BCUT2D eigenvalue weighted by molar-refractivity contribution is -0.138. The van der Waals surface area contributed by atoms with Gasteiger partial charge in [-0.1, -0.05) is 18.2 Å². The molecule has 0 radical (unpaired) electrons. The number of benzene rings is 2. The van der Waals surface area contributed by atoms with Crippen LogP contribution < -0.4 is 20.1 Å². The molecule has 2 aromatic carbocycles. The molecule has 1 aromatic heterocycles. The van der Waals surface area contributed by atoms with Crippen molar-refractivity contribution in [2.45, 2.75) is 31.8 Å². The normalized spacial score (nSPS) is 18.6. The lowest BCUT2D eigenvalue weighted by Crippen LogP contribution is -2.53. The monoisotopic (exact) mass is 516 g/mol. The number of nitrogens with zero attached hydrogens (tertiary/aromatic N) is 4. The SMILES string of the molecule is CC12COCCN1c1cc(OCc3ccccc3Oc3cc(F)c(C#N)cc3C(F)(F)F)nc(=O)n1C2. The van der Waals surface area contributed by atoms with Gasteiger partial charge in [-0.2, -0.15) is 23.4 Å². The summed E-state index contributed by atoms with van der Waals surface area (Å²) in [5, 5.41) is 8.91. The molecule has 8 nitrogen and oxygen atoms in total. The lowest BCUT2D eigenvalue weighted by atomic mass is 10.0. The molecule has 0 amide bonds. The average molecular weight is 516 g/mol. The van der Waals surface area contributed by atoms with Crippen LogP contribution in [0.2, 0.25) is 0 Å². The van der Waals surface area contributed by atoms with Gasteiger partial charge in [-0.15, -0.1) is 0 Å². The second-order valence-electron chi connectivity index (χ2n) is 8.96. The predicted molar refractivity (Wildman–Crippen MR) is 122 cm³/mol. The molecule has 37 heavy (non-hydrogen) atoms. The van der Waals surface area contributed by atoms with E-state index in [1.165, 1.54) is 18.2 Å². The molecule has 1 unspecified atom stereocenters. The van der Waals surface area contributed by atoms with Crippen LogP contribution in [-0.2, 0) is 24.1 Å². The van der Waals surface area contributed by atoms with Crippen LogP contribution in [-0.4, -0.2) is 34.8 Å². The minimum atomic E-state index is -4.88. The van der Waals surface area contributed by atoms with Crippen LogP contribution in [0, 0.1) is 17.1 Å². The van der Waals surface area contributed by atoms with Gasteiger partial charge in [0.2, 0.25) is 5.88 Å². The van der Waals surface area contributed by atoms with Crippen molar-refractivity contribution in [2.75, 3.05) is 24.7 Å². The minimum Gasteiger partial charge on any atom is -0.472 e. The number of alkyl halides is 3. The largest absolute Gasteiger partial charge is 0.472 e. The molecule has 192 valence electrons. The Kier molecular flexibility index (Phi) is 6.03. The van der Waals surface area contributed by atoms with Gasteiger partial charge in [0.15, 0.2) is 0 Å². The van der Waals surface area contributed by atoms with Crippen LogP contribution in [0.25, 0.3) is 0 Å². The zero-order valence-corrected chi connectivity index (χ0v) is 19.5. The Balaban J connectivity index is 1.41. The Labute approximate surface area is 208 Å². The molecule has 0 spiro atoms. The van der Waals surface area contributed by atoms with Crippen LogP contribution in [0.3, 0.4) is 0 Å². The van der Waals surface area contributed by atoms with Crippen molar-refractivity contribution in [3.63, 3.8) is 0 Å². The number of hydrogen-bond donors (Lipinski definition) is 0. The number of anilines is 1. The Morgan fingerprint density at radius 1 is 1.22 bits per heavy atom. The fourth-order valence-corrected chi connectivity index (χ4v) is 4.52. The van der Waals surface area contributed by atoms with Crippen LogP contribution in [0.5, 0.6) is 17.4 Å². The Morgan fingerprint density at radius 2 is 2.00 bits per heavy atom. The van der Waals surface area contributed by atoms with Crippen molar-refractivity contribution < 1.29 is 31.8 Å². The molecular weight excluding hydrogens is 496 g/mol. The number of nitriles is 1. The van der Waals surface area contributed by atoms with E-state index < -0.39 is 34.6 Å². The molecule has 1 atom stereocenters. The van der Waals surface area contributed by atoms with E-state index in [1.54, 1.807) is 22.8 Å². The number of aromatic nitrogens is 2. The number of halogens is 4. The van der Waals surface area contributed by atoms with Crippen LogP contribution in [0.15, 0.2) is 47.3 Å². The molecular formula is C25H20F4N4O4. The third kappa shape index (κ3) is 4.58. The molecule has 0 saturated carbocycles. The molecule has 0 bridgehead atoms. The van der Waals surface area contributed by atoms with Gasteiger partial charge in [-0.25, -0.2) is 9.18 Å². The summed E-state index contributed by atoms with van der Waals surface area (Å²) in [5.74, 6) is -1.26. The van der Waals surface area contributed by atoms with E-state index in [0.29, 0.717) is 49.8 Å². The van der Waals surface area contributed by atoms with E-state index in [0.717, 1.165) is 0 Å². The fourth-order valence-electron chi connectivity index (χ4n) is 4.52. The first-order valence-electron chi connectivity index (χ1n) is 11.3. The van der Waals surface area contributed by atoms with Gasteiger partial charge in [-0.3, -0.25) is 4.57 Å². The summed E-state index contributed by atoms with van der Waals surface area (Å²) in [6.45, 7) is 3.81. The molecule has 2 aliphatic rings. The van der Waals surface area contributed by atoms with Crippen molar-refractivity contribution in [1.29, 1.82) is 5.26 Å². The maximum atomic E-state index is 14.1. The maximum Gasteiger partial charge on any atom is 0.420 e. The van der Waals surface area contributed by atoms with E-state index in [2.05, 4.69) is 9.88 Å². The molecule has 1 saturated heterocycles. The number of ether oxygens (including phenoxy) is 3. The van der Waals surface area contributed by atoms with Crippen LogP contribution in [0.1, 0.15) is 23.6 Å². The maximum absolute atomic E-state index is 14.1. The lowest BCUT2D eigenvalue weighted by Gasteiger charge is -2.39. The van der Waals surface area contributed by atoms with E-state index >= 15 is 0 Å². The van der Waals surface area contributed by atoms with Gasteiger partial charge in [0.25, 0.3) is 0 Å². The van der Waals surface area contributed by atoms with Crippen LogP contribution >= 0.6 is 0 Å². The summed E-state index contributed by atoms with van der Waals surface area (Å²) in [4.78, 5) is 18.7. The Hall–Kier alpha value is -4.11. The highest BCUT2D eigenvalue weighted by Crippen LogP contribution is 2.40. The standard InChI is InChI=1S/C25H20F4N4O4/c1-24-13-32-22(33(24)6-7-35-14-24)10-21(31-23(32)34)36-12-15-4-2-3-5-19(15)37-20-9-18(26)16(11-30)8-17(20)25(27,28)29/h2-5,8-10H,6-7,12-14H2,1H3.